The van der Waals surface area contributed by atoms with Gasteiger partial charge in [0.15, 0.2) is 5.78 Å². The number of carbonyl (C=O) groups is 1. The number of Topliss-reactive ketones (excluding diaryl/α,β-unsaturated/α-hetero) is 1. The lowest BCUT2D eigenvalue weighted by Gasteiger charge is -2.16. The zero-order valence-corrected chi connectivity index (χ0v) is 9.32. The van der Waals surface area contributed by atoms with Gasteiger partial charge in [0.05, 0.1) is 11.1 Å². The summed E-state index contributed by atoms with van der Waals surface area (Å²) in [6.07, 6.45) is -4.30. The number of ketones is 1. The van der Waals surface area contributed by atoms with Gasteiger partial charge in [-0.05, 0) is 12.0 Å². The maximum absolute atomic E-state index is 12.6. The first kappa shape index (κ1) is 13.6. The molecule has 1 aromatic rings. The Labute approximate surface area is 96.3 Å². The highest BCUT2D eigenvalue weighted by atomic mass is 19.4. The molecule has 6 heteroatoms. The molecule has 0 bridgehead atoms. The summed E-state index contributed by atoms with van der Waals surface area (Å²) in [4.78, 5) is 15.2. The van der Waals surface area contributed by atoms with Crippen LogP contribution in [-0.4, -0.2) is 22.0 Å². The van der Waals surface area contributed by atoms with E-state index in [-0.39, 0.29) is 0 Å². The van der Waals surface area contributed by atoms with Crippen LogP contribution in [0.4, 0.5) is 13.2 Å². The van der Waals surface area contributed by atoms with Crippen LogP contribution >= 0.6 is 0 Å². The molecule has 0 amide bonds. The standard InChI is InChI=1S/C11H12F3NO2/c1-6(2)9(16)10(17)7-5-15-4-3-8(7)11(12,13)14/h3-6,9,16H,1-2H3. The highest BCUT2D eigenvalue weighted by molar-refractivity contribution is 6.00. The molecule has 0 spiro atoms. The predicted octanol–water partition coefficient (Wildman–Crippen LogP) is 2.30. The van der Waals surface area contributed by atoms with Gasteiger partial charge < -0.3 is 5.11 Å². The lowest BCUT2D eigenvalue weighted by molar-refractivity contribution is -0.138. The van der Waals surface area contributed by atoms with Gasteiger partial charge in [0.2, 0.25) is 0 Å². The van der Waals surface area contributed by atoms with Crippen molar-refractivity contribution in [3.05, 3.63) is 29.6 Å². The van der Waals surface area contributed by atoms with E-state index in [1.54, 1.807) is 13.8 Å². The number of alkyl halides is 3. The number of aliphatic hydroxyl groups excluding tert-OH is 1. The van der Waals surface area contributed by atoms with Crippen molar-refractivity contribution in [2.75, 3.05) is 0 Å². The van der Waals surface area contributed by atoms with Crippen LogP contribution in [0.25, 0.3) is 0 Å². The van der Waals surface area contributed by atoms with Crippen LogP contribution in [-0.2, 0) is 6.18 Å². The van der Waals surface area contributed by atoms with Gasteiger partial charge in [-0.1, -0.05) is 13.8 Å². The maximum Gasteiger partial charge on any atom is 0.417 e. The summed E-state index contributed by atoms with van der Waals surface area (Å²) in [6, 6.07) is 0.722. The fourth-order valence-electron chi connectivity index (χ4n) is 1.30. The SMILES string of the molecule is CC(C)C(O)C(=O)c1cnccc1C(F)(F)F. The number of carbonyl (C=O) groups excluding carboxylic acids is 1. The molecule has 17 heavy (non-hydrogen) atoms. The Kier molecular flexibility index (Phi) is 3.87. The van der Waals surface area contributed by atoms with Crippen LogP contribution in [0.1, 0.15) is 29.8 Å². The van der Waals surface area contributed by atoms with E-state index >= 15 is 0 Å². The van der Waals surface area contributed by atoms with Gasteiger partial charge in [0, 0.05) is 12.4 Å². The summed E-state index contributed by atoms with van der Waals surface area (Å²) < 4.78 is 37.8. The van der Waals surface area contributed by atoms with Crippen LogP contribution in [0.15, 0.2) is 18.5 Å². The molecule has 1 aromatic heterocycles. The normalized spacial score (nSPS) is 13.8. The van der Waals surface area contributed by atoms with E-state index in [0.717, 1.165) is 18.5 Å². The molecule has 94 valence electrons. The van der Waals surface area contributed by atoms with Crippen LogP contribution in [0, 0.1) is 5.92 Å². The third kappa shape index (κ3) is 3.03. The smallest absolute Gasteiger partial charge is 0.385 e. The average Bonchev–Trinajstić information content (AvgIpc) is 2.25. The van der Waals surface area contributed by atoms with Gasteiger partial charge in [0.25, 0.3) is 0 Å². The number of aromatic nitrogens is 1. The summed E-state index contributed by atoms with van der Waals surface area (Å²) in [5, 5.41) is 9.49. The molecule has 1 atom stereocenters. The largest absolute Gasteiger partial charge is 0.417 e. The molecule has 0 saturated carbocycles. The number of pyridine rings is 1. The number of nitrogens with zero attached hydrogens (tertiary/aromatic N) is 1. The molecule has 1 rings (SSSR count). The minimum atomic E-state index is -4.63. The summed E-state index contributed by atoms with van der Waals surface area (Å²) in [6.45, 7) is 3.10. The van der Waals surface area contributed by atoms with Crippen LogP contribution in [0.2, 0.25) is 0 Å². The molecule has 0 fully saturated rings. The van der Waals surface area contributed by atoms with Gasteiger partial charge in [-0.3, -0.25) is 9.78 Å². The zero-order valence-electron chi connectivity index (χ0n) is 9.32. The fraction of sp³-hybridized carbons (Fsp3) is 0.455. The number of hydrogen-bond acceptors (Lipinski definition) is 3. The highest BCUT2D eigenvalue weighted by Gasteiger charge is 2.36. The highest BCUT2D eigenvalue weighted by Crippen LogP contribution is 2.32. The van der Waals surface area contributed by atoms with Crippen LogP contribution in [0.3, 0.4) is 0 Å². The van der Waals surface area contributed by atoms with Crippen molar-refractivity contribution in [2.24, 2.45) is 5.92 Å². The van der Waals surface area contributed by atoms with Crippen LogP contribution in [0.5, 0.6) is 0 Å². The Morgan fingerprint density at radius 1 is 1.41 bits per heavy atom. The lowest BCUT2D eigenvalue weighted by Crippen LogP contribution is -2.28. The van der Waals surface area contributed by atoms with Crippen LogP contribution < -0.4 is 0 Å². The van der Waals surface area contributed by atoms with Gasteiger partial charge in [-0.15, -0.1) is 0 Å². The first-order chi connectivity index (χ1) is 7.75. The quantitative estimate of drug-likeness (QED) is 0.834. The third-order valence-electron chi connectivity index (χ3n) is 2.29. The zero-order chi connectivity index (χ0) is 13.2. The predicted molar refractivity (Wildman–Crippen MR) is 54.4 cm³/mol. The van der Waals surface area contributed by atoms with Gasteiger partial charge in [0.1, 0.15) is 6.10 Å². The van der Waals surface area contributed by atoms with E-state index in [9.17, 15) is 23.1 Å². The number of rotatable bonds is 3. The van der Waals surface area contributed by atoms with Crippen molar-refractivity contribution in [1.29, 1.82) is 0 Å². The second-order valence-corrected chi connectivity index (χ2v) is 3.97. The Hall–Kier alpha value is -1.43. The maximum atomic E-state index is 12.6. The van der Waals surface area contributed by atoms with Crippen molar-refractivity contribution in [3.8, 4) is 0 Å². The van der Waals surface area contributed by atoms with Gasteiger partial charge in [-0.25, -0.2) is 0 Å². The monoisotopic (exact) mass is 247 g/mol. The Morgan fingerprint density at radius 2 is 2.00 bits per heavy atom. The Morgan fingerprint density at radius 3 is 2.47 bits per heavy atom. The molecule has 1 heterocycles. The van der Waals surface area contributed by atoms with Crippen molar-refractivity contribution >= 4 is 5.78 Å². The Bertz CT molecular complexity index is 415. The van der Waals surface area contributed by atoms with Crippen molar-refractivity contribution in [2.45, 2.75) is 26.1 Å². The van der Waals surface area contributed by atoms with Crippen molar-refractivity contribution in [3.63, 3.8) is 0 Å². The molecule has 0 aliphatic carbocycles. The molecule has 0 aromatic carbocycles. The minimum absolute atomic E-state index is 0.455. The molecule has 3 nitrogen and oxygen atoms in total. The van der Waals surface area contributed by atoms with E-state index in [2.05, 4.69) is 4.98 Å². The second-order valence-electron chi connectivity index (χ2n) is 3.97. The summed E-state index contributed by atoms with van der Waals surface area (Å²) >= 11 is 0. The van der Waals surface area contributed by atoms with E-state index in [4.69, 9.17) is 0 Å². The summed E-state index contributed by atoms with van der Waals surface area (Å²) in [5.41, 5.74) is -1.67. The second kappa shape index (κ2) is 4.83. The number of halogens is 3. The molecular weight excluding hydrogens is 235 g/mol. The first-order valence-electron chi connectivity index (χ1n) is 4.98. The summed E-state index contributed by atoms with van der Waals surface area (Å²) in [5.74, 6) is -1.41. The van der Waals surface area contributed by atoms with Crippen molar-refractivity contribution in [1.82, 2.24) is 4.98 Å². The number of aliphatic hydroxyl groups is 1. The average molecular weight is 247 g/mol. The molecule has 1 N–H and O–H groups in total. The molecule has 0 radical (unpaired) electrons. The molecular formula is C11H12F3NO2. The lowest BCUT2D eigenvalue weighted by atomic mass is 9.96. The van der Waals surface area contributed by atoms with E-state index < -0.39 is 35.1 Å². The molecule has 1 unspecified atom stereocenters. The molecule has 0 aliphatic heterocycles. The van der Waals surface area contributed by atoms with Gasteiger partial charge >= 0.3 is 6.18 Å². The first-order valence-corrected chi connectivity index (χ1v) is 4.98. The fourth-order valence-corrected chi connectivity index (χ4v) is 1.30. The summed E-state index contributed by atoms with van der Waals surface area (Å²) in [7, 11) is 0. The number of hydrogen-bond donors (Lipinski definition) is 1. The van der Waals surface area contributed by atoms with E-state index in [1.807, 2.05) is 0 Å². The Balaban J connectivity index is 3.19. The van der Waals surface area contributed by atoms with E-state index in [0.29, 0.717) is 0 Å². The van der Waals surface area contributed by atoms with Gasteiger partial charge in [-0.2, -0.15) is 13.2 Å². The topological polar surface area (TPSA) is 50.2 Å². The minimum Gasteiger partial charge on any atom is -0.385 e. The molecule has 0 aliphatic rings. The van der Waals surface area contributed by atoms with E-state index in [1.165, 1.54) is 0 Å². The molecule has 0 saturated heterocycles. The third-order valence-corrected chi connectivity index (χ3v) is 2.29. The van der Waals surface area contributed by atoms with Crippen molar-refractivity contribution < 1.29 is 23.1 Å².